The molecule has 1 aromatic carbocycles. The van der Waals surface area contributed by atoms with E-state index < -0.39 is 46.9 Å². The molecule has 2 aromatic rings. The molecule has 1 saturated heterocycles. The number of aliphatic hydroxyl groups is 4. The Hall–Kier alpha value is -1.91. The molecule has 166 valence electrons. The number of phenolic OH excluding ortho intramolecular Hbond substituents is 1. The first-order valence-corrected chi connectivity index (χ1v) is 10.8. The van der Waals surface area contributed by atoms with Crippen LogP contribution in [-0.2, 0) is 25.8 Å². The molecule has 1 aromatic heterocycles. The number of para-hydroxylation sites is 1. The molecule has 5 atom stereocenters. The van der Waals surface area contributed by atoms with Gasteiger partial charge < -0.3 is 35.3 Å². The molecule has 1 aliphatic rings. The van der Waals surface area contributed by atoms with E-state index in [9.17, 15) is 34.0 Å². The summed E-state index contributed by atoms with van der Waals surface area (Å²) < 4.78 is 40.2. The Morgan fingerprint density at radius 2 is 1.97 bits per heavy atom. The molecule has 0 saturated carbocycles. The summed E-state index contributed by atoms with van der Waals surface area (Å²) in [5.74, 6) is -0.00647. The van der Waals surface area contributed by atoms with Crippen LogP contribution in [-0.4, -0.2) is 85.0 Å². The van der Waals surface area contributed by atoms with E-state index in [-0.39, 0.29) is 17.2 Å². The van der Waals surface area contributed by atoms with Gasteiger partial charge in [-0.2, -0.15) is 8.42 Å². The Labute approximate surface area is 174 Å². The molecule has 30 heavy (non-hydrogen) atoms. The SMILES string of the molecule is O=S(=O)(O)O/N=C(\Cc1c[nH]c2c(O)cccc12)S[C@@H]1O[C@H](CO)[C@@H](O)[C@H](O)[C@H]1O. The van der Waals surface area contributed by atoms with Crippen LogP contribution in [0.25, 0.3) is 10.9 Å². The van der Waals surface area contributed by atoms with E-state index in [0.717, 1.165) is 0 Å². The van der Waals surface area contributed by atoms with Gasteiger partial charge in [-0.15, -0.1) is 0 Å². The number of hydrogen-bond acceptors (Lipinski definition) is 11. The molecule has 0 radical (unpaired) electrons. The van der Waals surface area contributed by atoms with Crippen molar-refractivity contribution in [2.75, 3.05) is 6.61 Å². The summed E-state index contributed by atoms with van der Waals surface area (Å²) in [4.78, 5) is 2.87. The minimum Gasteiger partial charge on any atom is -0.506 e. The van der Waals surface area contributed by atoms with E-state index in [1.807, 2.05) is 0 Å². The smallest absolute Gasteiger partial charge is 0.466 e. The fourth-order valence-electron chi connectivity index (χ4n) is 2.99. The number of aromatic amines is 1. The summed E-state index contributed by atoms with van der Waals surface area (Å²) >= 11 is 0.669. The highest BCUT2D eigenvalue weighted by Gasteiger charge is 2.44. The number of aromatic hydroxyl groups is 1. The highest BCUT2D eigenvalue weighted by molar-refractivity contribution is 8.14. The highest BCUT2D eigenvalue weighted by Crippen LogP contribution is 2.32. The van der Waals surface area contributed by atoms with Gasteiger partial charge in [0.15, 0.2) is 0 Å². The van der Waals surface area contributed by atoms with Crippen molar-refractivity contribution < 1.29 is 47.5 Å². The van der Waals surface area contributed by atoms with Crippen molar-refractivity contribution >= 4 is 38.1 Å². The zero-order valence-corrected chi connectivity index (χ0v) is 16.8. The van der Waals surface area contributed by atoms with Crippen molar-refractivity contribution in [1.29, 1.82) is 0 Å². The first-order chi connectivity index (χ1) is 14.1. The monoisotopic (exact) mass is 464 g/mol. The van der Waals surface area contributed by atoms with Crippen LogP contribution in [0.2, 0.25) is 0 Å². The van der Waals surface area contributed by atoms with Crippen LogP contribution < -0.4 is 0 Å². The molecule has 1 fully saturated rings. The van der Waals surface area contributed by atoms with Crippen LogP contribution in [0.15, 0.2) is 29.6 Å². The third kappa shape index (κ3) is 5.04. The summed E-state index contributed by atoms with van der Waals surface area (Å²) in [7, 11) is -4.92. The third-order valence-corrected chi connectivity index (χ3v) is 5.83. The van der Waals surface area contributed by atoms with E-state index in [1.165, 1.54) is 6.07 Å². The molecule has 7 N–H and O–H groups in total. The number of hydrogen-bond donors (Lipinski definition) is 7. The number of aliphatic hydroxyl groups excluding tert-OH is 4. The fraction of sp³-hybridized carbons (Fsp3) is 0.438. The third-order valence-electron chi connectivity index (χ3n) is 4.45. The molecule has 3 rings (SSSR count). The van der Waals surface area contributed by atoms with Crippen LogP contribution in [0.3, 0.4) is 0 Å². The summed E-state index contributed by atoms with van der Waals surface area (Å²) in [5, 5.41) is 53.1. The number of fused-ring (bicyclic) bond motifs is 1. The minimum atomic E-state index is -4.92. The minimum absolute atomic E-state index is 0.00647. The predicted octanol–water partition coefficient (Wildman–Crippen LogP) is -0.918. The summed E-state index contributed by atoms with van der Waals surface area (Å²) in [6, 6.07) is 4.77. The van der Waals surface area contributed by atoms with Crippen molar-refractivity contribution in [2.45, 2.75) is 36.3 Å². The number of H-pyrrole nitrogens is 1. The number of thioether (sulfide) groups is 1. The summed E-state index contributed by atoms with van der Waals surface area (Å²) in [5.41, 5.74) is -0.251. The number of oxime groups is 1. The highest BCUT2D eigenvalue weighted by atomic mass is 32.3. The van der Waals surface area contributed by atoms with Crippen molar-refractivity contribution in [3.05, 3.63) is 30.0 Å². The van der Waals surface area contributed by atoms with E-state index in [1.54, 1.807) is 18.3 Å². The largest absolute Gasteiger partial charge is 0.506 e. The van der Waals surface area contributed by atoms with Crippen LogP contribution in [0.1, 0.15) is 5.56 Å². The van der Waals surface area contributed by atoms with Crippen LogP contribution >= 0.6 is 11.8 Å². The van der Waals surface area contributed by atoms with Crippen LogP contribution in [0.4, 0.5) is 0 Å². The summed E-state index contributed by atoms with van der Waals surface area (Å²) in [6.07, 6.45) is -4.50. The van der Waals surface area contributed by atoms with Gasteiger partial charge in [0, 0.05) is 18.0 Å². The molecule has 12 nitrogen and oxygen atoms in total. The normalized spacial score (nSPS) is 28.0. The molecule has 14 heteroatoms. The number of nitrogens with zero attached hydrogens (tertiary/aromatic N) is 1. The number of rotatable bonds is 6. The van der Waals surface area contributed by atoms with E-state index in [0.29, 0.717) is 28.2 Å². The first kappa shape index (κ1) is 22.8. The van der Waals surface area contributed by atoms with Gasteiger partial charge in [-0.05, 0) is 11.6 Å². The molecule has 0 bridgehead atoms. The predicted molar refractivity (Wildman–Crippen MR) is 105 cm³/mol. The van der Waals surface area contributed by atoms with Gasteiger partial charge in [0.1, 0.15) is 40.6 Å². The fourth-order valence-corrected chi connectivity index (χ4v) is 4.31. The molecule has 0 amide bonds. The summed E-state index contributed by atoms with van der Waals surface area (Å²) in [6.45, 7) is -0.641. The maximum Gasteiger partial charge on any atom is 0.466 e. The number of ether oxygens (including phenoxy) is 1. The van der Waals surface area contributed by atoms with Gasteiger partial charge in [-0.1, -0.05) is 29.1 Å². The lowest BCUT2D eigenvalue weighted by molar-refractivity contribution is -0.205. The Bertz CT molecular complexity index is 1020. The first-order valence-electron chi connectivity index (χ1n) is 8.58. The second-order valence-corrected chi connectivity index (χ2v) is 8.67. The van der Waals surface area contributed by atoms with Gasteiger partial charge in [-0.25, -0.2) is 4.28 Å². The average molecular weight is 464 g/mol. The van der Waals surface area contributed by atoms with Crippen molar-refractivity contribution in [2.24, 2.45) is 5.16 Å². The standard InChI is InChI=1S/C16H20N2O10S2/c19-6-10-13(21)14(22)15(23)16(27-10)29-11(18-28-30(24,25)26)4-7-5-17-12-8(7)2-1-3-9(12)20/h1-3,5,10,13-17,19-23H,4,6H2,(H,24,25,26)/b18-11+/t10-,13-,14+,15-,16+/m1/s1. The van der Waals surface area contributed by atoms with Gasteiger partial charge in [0.25, 0.3) is 0 Å². The second-order valence-electron chi connectivity index (χ2n) is 6.49. The Morgan fingerprint density at radius 3 is 2.63 bits per heavy atom. The lowest BCUT2D eigenvalue weighted by atomic mass is 10.0. The maximum absolute atomic E-state index is 10.9. The lowest BCUT2D eigenvalue weighted by Crippen LogP contribution is -2.57. The molecular weight excluding hydrogens is 444 g/mol. The second kappa shape index (κ2) is 9.07. The molecule has 0 spiro atoms. The molecular formula is C16H20N2O10S2. The van der Waals surface area contributed by atoms with Crippen molar-refractivity contribution in [1.82, 2.24) is 4.98 Å². The topological polar surface area (TPSA) is 202 Å². The Kier molecular flexibility index (Phi) is 6.88. The molecule has 2 heterocycles. The quantitative estimate of drug-likeness (QED) is 0.121. The van der Waals surface area contributed by atoms with E-state index in [2.05, 4.69) is 14.4 Å². The molecule has 1 aliphatic heterocycles. The van der Waals surface area contributed by atoms with Gasteiger partial charge >= 0.3 is 10.4 Å². The van der Waals surface area contributed by atoms with Gasteiger partial charge in [-0.3, -0.25) is 4.55 Å². The molecule has 0 unspecified atom stereocenters. The van der Waals surface area contributed by atoms with E-state index >= 15 is 0 Å². The van der Waals surface area contributed by atoms with Crippen molar-refractivity contribution in [3.8, 4) is 5.75 Å². The number of benzene rings is 1. The zero-order chi connectivity index (χ0) is 22.1. The number of aromatic nitrogens is 1. The van der Waals surface area contributed by atoms with Gasteiger partial charge in [0.2, 0.25) is 0 Å². The van der Waals surface area contributed by atoms with Crippen LogP contribution in [0.5, 0.6) is 5.75 Å². The Morgan fingerprint density at radius 1 is 1.23 bits per heavy atom. The maximum atomic E-state index is 10.9. The number of nitrogens with one attached hydrogen (secondary N) is 1. The van der Waals surface area contributed by atoms with E-state index in [4.69, 9.17) is 9.29 Å². The average Bonchev–Trinajstić information content (AvgIpc) is 3.10. The Balaban J connectivity index is 1.88. The zero-order valence-electron chi connectivity index (χ0n) is 15.2. The lowest BCUT2D eigenvalue weighted by Gasteiger charge is -2.39. The van der Waals surface area contributed by atoms with Crippen LogP contribution in [0, 0.1) is 0 Å². The van der Waals surface area contributed by atoms with Crippen molar-refractivity contribution in [3.63, 3.8) is 0 Å². The number of phenols is 1. The molecule has 0 aliphatic carbocycles. The van der Waals surface area contributed by atoms with Gasteiger partial charge in [0.05, 0.1) is 12.1 Å².